The Morgan fingerprint density at radius 1 is 1.25 bits per heavy atom. The lowest BCUT2D eigenvalue weighted by Crippen LogP contribution is -1.91. The molecule has 0 amide bonds. The Kier molecular flexibility index (Phi) is 3.23. The summed E-state index contributed by atoms with van der Waals surface area (Å²) in [5, 5.41) is 3.10. The van der Waals surface area contributed by atoms with Crippen LogP contribution in [0.25, 0.3) is 11.1 Å². The summed E-state index contributed by atoms with van der Waals surface area (Å²) >= 11 is 3.43. The van der Waals surface area contributed by atoms with Gasteiger partial charge in [0.15, 0.2) is 5.58 Å². The summed E-state index contributed by atoms with van der Waals surface area (Å²) in [6.07, 6.45) is 0. The van der Waals surface area contributed by atoms with Gasteiger partial charge in [-0.3, -0.25) is 0 Å². The van der Waals surface area contributed by atoms with Gasteiger partial charge in [-0.2, -0.15) is 4.98 Å². The van der Waals surface area contributed by atoms with E-state index in [1.165, 1.54) is 0 Å². The standard InChI is InChI=1S/C14H12BrN3O2/c1-19-12-5-3-9(7-10(12)15)17-14-18-11-6-8(16)2-4-13(11)20-14/h2-7H,16H2,1H3,(H,17,18). The third-order valence-electron chi connectivity index (χ3n) is 2.81. The van der Waals surface area contributed by atoms with Crippen LogP contribution in [0.4, 0.5) is 17.4 Å². The van der Waals surface area contributed by atoms with E-state index in [1.54, 1.807) is 25.3 Å². The van der Waals surface area contributed by atoms with Gasteiger partial charge in [0.25, 0.3) is 6.01 Å². The van der Waals surface area contributed by atoms with E-state index < -0.39 is 0 Å². The van der Waals surface area contributed by atoms with E-state index in [0.717, 1.165) is 21.4 Å². The molecule has 0 unspecified atom stereocenters. The molecule has 0 spiro atoms. The van der Waals surface area contributed by atoms with Crippen molar-refractivity contribution in [2.24, 2.45) is 0 Å². The van der Waals surface area contributed by atoms with Crippen molar-refractivity contribution in [3.8, 4) is 5.75 Å². The van der Waals surface area contributed by atoms with Crippen molar-refractivity contribution < 1.29 is 9.15 Å². The van der Waals surface area contributed by atoms with E-state index in [0.29, 0.717) is 17.3 Å². The number of nitrogens with zero attached hydrogens (tertiary/aromatic N) is 1. The summed E-state index contributed by atoms with van der Waals surface area (Å²) in [4.78, 5) is 4.34. The number of hydrogen-bond acceptors (Lipinski definition) is 5. The number of rotatable bonds is 3. The number of anilines is 3. The predicted octanol–water partition coefficient (Wildman–Crippen LogP) is 3.92. The molecule has 1 heterocycles. The number of oxazole rings is 1. The Bertz CT molecular complexity index is 770. The third kappa shape index (κ3) is 2.42. The Balaban J connectivity index is 1.90. The van der Waals surface area contributed by atoms with Crippen molar-refractivity contribution in [3.63, 3.8) is 0 Å². The fourth-order valence-electron chi connectivity index (χ4n) is 1.87. The van der Waals surface area contributed by atoms with Crippen LogP contribution in [0.3, 0.4) is 0 Å². The van der Waals surface area contributed by atoms with Gasteiger partial charge in [-0.25, -0.2) is 0 Å². The zero-order chi connectivity index (χ0) is 14.1. The van der Waals surface area contributed by atoms with Crippen molar-refractivity contribution in [2.75, 3.05) is 18.2 Å². The molecule has 0 saturated heterocycles. The van der Waals surface area contributed by atoms with Crippen molar-refractivity contribution in [2.45, 2.75) is 0 Å². The molecule has 20 heavy (non-hydrogen) atoms. The third-order valence-corrected chi connectivity index (χ3v) is 3.43. The second-order valence-corrected chi connectivity index (χ2v) is 5.07. The highest BCUT2D eigenvalue weighted by atomic mass is 79.9. The molecule has 1 aromatic heterocycles. The van der Waals surface area contributed by atoms with Crippen molar-refractivity contribution in [1.29, 1.82) is 0 Å². The lowest BCUT2D eigenvalue weighted by atomic mass is 10.3. The average molecular weight is 334 g/mol. The first-order valence-electron chi connectivity index (χ1n) is 5.92. The molecule has 3 N–H and O–H groups in total. The molecule has 0 aliphatic carbocycles. The first kappa shape index (κ1) is 12.8. The molecular weight excluding hydrogens is 322 g/mol. The Morgan fingerprint density at radius 3 is 2.85 bits per heavy atom. The lowest BCUT2D eigenvalue weighted by molar-refractivity contribution is 0.412. The maximum absolute atomic E-state index is 5.72. The molecule has 5 nitrogen and oxygen atoms in total. The number of hydrogen-bond donors (Lipinski definition) is 2. The highest BCUT2D eigenvalue weighted by Gasteiger charge is 2.07. The zero-order valence-electron chi connectivity index (χ0n) is 10.7. The van der Waals surface area contributed by atoms with Gasteiger partial charge in [0, 0.05) is 11.4 Å². The highest BCUT2D eigenvalue weighted by molar-refractivity contribution is 9.10. The first-order valence-corrected chi connectivity index (χ1v) is 6.71. The fraction of sp³-hybridized carbons (Fsp3) is 0.0714. The van der Waals surface area contributed by atoms with E-state index in [4.69, 9.17) is 14.9 Å². The quantitative estimate of drug-likeness (QED) is 0.710. The van der Waals surface area contributed by atoms with Crippen molar-refractivity contribution >= 4 is 44.4 Å². The summed E-state index contributed by atoms with van der Waals surface area (Å²) < 4.78 is 11.6. The fourth-order valence-corrected chi connectivity index (χ4v) is 2.41. The van der Waals surface area contributed by atoms with E-state index in [9.17, 15) is 0 Å². The van der Waals surface area contributed by atoms with Gasteiger partial charge in [0.05, 0.1) is 11.6 Å². The van der Waals surface area contributed by atoms with Gasteiger partial charge >= 0.3 is 0 Å². The van der Waals surface area contributed by atoms with Crippen LogP contribution in [0.1, 0.15) is 0 Å². The molecule has 0 fully saturated rings. The molecule has 0 atom stereocenters. The van der Waals surface area contributed by atoms with Gasteiger partial charge in [-0.15, -0.1) is 0 Å². The first-order chi connectivity index (χ1) is 9.65. The molecular formula is C14H12BrN3O2. The maximum atomic E-state index is 5.72. The normalized spacial score (nSPS) is 10.7. The monoisotopic (exact) mass is 333 g/mol. The number of nitrogens with two attached hydrogens (primary N) is 1. The summed E-state index contributed by atoms with van der Waals surface area (Å²) in [7, 11) is 1.62. The zero-order valence-corrected chi connectivity index (χ0v) is 12.3. The van der Waals surface area contributed by atoms with Gasteiger partial charge in [0.2, 0.25) is 0 Å². The molecule has 102 valence electrons. The van der Waals surface area contributed by atoms with Crippen LogP contribution in [0.15, 0.2) is 45.3 Å². The minimum atomic E-state index is 0.419. The molecule has 2 aromatic carbocycles. The highest BCUT2D eigenvalue weighted by Crippen LogP contribution is 2.30. The number of ether oxygens (including phenoxy) is 1. The molecule has 3 rings (SSSR count). The average Bonchev–Trinajstić information content (AvgIpc) is 2.80. The summed E-state index contributed by atoms with van der Waals surface area (Å²) in [6, 6.07) is 11.4. The molecule has 0 saturated carbocycles. The maximum Gasteiger partial charge on any atom is 0.300 e. The lowest BCUT2D eigenvalue weighted by Gasteiger charge is -2.06. The summed E-state index contributed by atoms with van der Waals surface area (Å²) in [6.45, 7) is 0. The molecule has 6 heteroatoms. The number of halogens is 1. The minimum Gasteiger partial charge on any atom is -0.496 e. The second kappa shape index (κ2) is 5.05. The topological polar surface area (TPSA) is 73.3 Å². The second-order valence-electron chi connectivity index (χ2n) is 4.22. The molecule has 0 aliphatic rings. The Labute approximate surface area is 123 Å². The SMILES string of the molecule is COc1ccc(Nc2nc3cc(N)ccc3o2)cc1Br. The number of nitrogen functional groups attached to an aromatic ring is 1. The number of methoxy groups -OCH3 is 1. The van der Waals surface area contributed by atoms with Crippen LogP contribution >= 0.6 is 15.9 Å². The van der Waals surface area contributed by atoms with E-state index in [1.807, 2.05) is 18.2 Å². The number of benzene rings is 2. The summed E-state index contributed by atoms with van der Waals surface area (Å²) in [5.74, 6) is 0.765. The van der Waals surface area contributed by atoms with Gasteiger partial charge in [-0.1, -0.05) is 0 Å². The minimum absolute atomic E-state index is 0.419. The van der Waals surface area contributed by atoms with Crippen LogP contribution in [0.5, 0.6) is 5.75 Å². The number of fused-ring (bicyclic) bond motifs is 1. The van der Waals surface area contributed by atoms with Crippen molar-refractivity contribution in [1.82, 2.24) is 4.98 Å². The van der Waals surface area contributed by atoms with E-state index >= 15 is 0 Å². The van der Waals surface area contributed by atoms with E-state index in [2.05, 4.69) is 26.2 Å². The van der Waals surface area contributed by atoms with E-state index in [-0.39, 0.29) is 0 Å². The van der Waals surface area contributed by atoms with Crippen LogP contribution in [-0.4, -0.2) is 12.1 Å². The van der Waals surface area contributed by atoms with Gasteiger partial charge < -0.3 is 20.2 Å². The molecule has 0 radical (unpaired) electrons. The van der Waals surface area contributed by atoms with Crippen LogP contribution in [0, 0.1) is 0 Å². The number of aromatic nitrogens is 1. The molecule has 3 aromatic rings. The summed E-state index contributed by atoms with van der Waals surface area (Å²) in [5.41, 5.74) is 8.63. The smallest absolute Gasteiger partial charge is 0.300 e. The van der Waals surface area contributed by atoms with Gasteiger partial charge in [-0.05, 0) is 52.3 Å². The van der Waals surface area contributed by atoms with Crippen molar-refractivity contribution in [3.05, 3.63) is 40.9 Å². The van der Waals surface area contributed by atoms with Crippen LogP contribution < -0.4 is 15.8 Å². The Hall–Kier alpha value is -2.21. The largest absolute Gasteiger partial charge is 0.496 e. The molecule has 0 aliphatic heterocycles. The predicted molar refractivity (Wildman–Crippen MR) is 82.4 cm³/mol. The van der Waals surface area contributed by atoms with Crippen LogP contribution in [-0.2, 0) is 0 Å². The Morgan fingerprint density at radius 2 is 2.10 bits per heavy atom. The van der Waals surface area contributed by atoms with Crippen LogP contribution in [0.2, 0.25) is 0 Å². The van der Waals surface area contributed by atoms with Gasteiger partial charge in [0.1, 0.15) is 11.3 Å². The number of nitrogens with one attached hydrogen (secondary N) is 1. The molecule has 0 bridgehead atoms.